The molecule has 5 heteroatoms. The monoisotopic (exact) mass is 251 g/mol. The van der Waals surface area contributed by atoms with Crippen LogP contribution in [0.25, 0.3) is 0 Å². The molecule has 0 fully saturated rings. The Morgan fingerprint density at radius 3 is 2.72 bits per heavy atom. The quantitative estimate of drug-likeness (QED) is 0.902. The van der Waals surface area contributed by atoms with Gasteiger partial charge in [-0.05, 0) is 25.1 Å². The number of likely N-dealkylation sites (N-methyl/N-ethyl adjacent to an activating group) is 1. The lowest BCUT2D eigenvalue weighted by Crippen LogP contribution is -2.22. The Labute approximate surface area is 104 Å². The van der Waals surface area contributed by atoms with Gasteiger partial charge in [-0.25, -0.2) is 13.8 Å². The van der Waals surface area contributed by atoms with Crippen molar-refractivity contribution in [2.45, 2.75) is 12.5 Å². The van der Waals surface area contributed by atoms with Gasteiger partial charge in [0.1, 0.15) is 17.5 Å². The van der Waals surface area contributed by atoms with Gasteiger partial charge in [0, 0.05) is 25.5 Å². The van der Waals surface area contributed by atoms with Crippen LogP contribution in [0.15, 0.2) is 30.6 Å². The van der Waals surface area contributed by atoms with Crippen molar-refractivity contribution >= 4 is 0 Å². The van der Waals surface area contributed by atoms with Crippen LogP contribution in [0.3, 0.4) is 0 Å². The Kier molecular flexibility index (Phi) is 3.72. The molecule has 0 aliphatic heterocycles. The molecule has 0 saturated heterocycles. The standard InChI is InChI=1S/C13H15F2N3/c1-16-12(13-17-5-6-18(13)2)7-9-3-4-10(14)8-11(9)15/h3-6,8,12,16H,7H2,1-2H3. The van der Waals surface area contributed by atoms with Gasteiger partial charge < -0.3 is 9.88 Å². The van der Waals surface area contributed by atoms with Gasteiger partial charge in [-0.2, -0.15) is 0 Å². The summed E-state index contributed by atoms with van der Waals surface area (Å²) in [5.41, 5.74) is 0.471. The third-order valence-electron chi connectivity index (χ3n) is 2.96. The summed E-state index contributed by atoms with van der Waals surface area (Å²) in [5.74, 6) is -0.264. The van der Waals surface area contributed by atoms with E-state index in [4.69, 9.17) is 0 Å². The Morgan fingerprint density at radius 2 is 2.17 bits per heavy atom. The molecule has 0 spiro atoms. The lowest BCUT2D eigenvalue weighted by Gasteiger charge is -2.16. The minimum atomic E-state index is -0.561. The molecule has 0 amide bonds. The first kappa shape index (κ1) is 12.7. The molecule has 18 heavy (non-hydrogen) atoms. The fourth-order valence-corrected chi connectivity index (χ4v) is 1.94. The van der Waals surface area contributed by atoms with Gasteiger partial charge in [0.15, 0.2) is 0 Å². The van der Waals surface area contributed by atoms with Gasteiger partial charge in [0.25, 0.3) is 0 Å². The summed E-state index contributed by atoms with van der Waals surface area (Å²) in [7, 11) is 3.68. The Hall–Kier alpha value is -1.75. The first-order chi connectivity index (χ1) is 8.61. The molecule has 0 aliphatic rings. The maximum absolute atomic E-state index is 13.6. The maximum Gasteiger partial charge on any atom is 0.129 e. The van der Waals surface area contributed by atoms with Crippen molar-refractivity contribution in [1.82, 2.24) is 14.9 Å². The van der Waals surface area contributed by atoms with Crippen molar-refractivity contribution < 1.29 is 8.78 Å². The molecule has 96 valence electrons. The Morgan fingerprint density at radius 1 is 1.39 bits per heavy atom. The summed E-state index contributed by atoms with van der Waals surface area (Å²) in [6, 6.07) is 3.53. The Balaban J connectivity index is 2.23. The topological polar surface area (TPSA) is 29.9 Å². The lowest BCUT2D eigenvalue weighted by molar-refractivity contribution is 0.513. The van der Waals surface area contributed by atoms with Gasteiger partial charge in [-0.15, -0.1) is 0 Å². The second-order valence-electron chi connectivity index (χ2n) is 4.18. The molecular formula is C13H15F2N3. The van der Waals surface area contributed by atoms with E-state index < -0.39 is 11.6 Å². The van der Waals surface area contributed by atoms with E-state index in [1.807, 2.05) is 17.8 Å². The molecule has 2 aromatic rings. The molecule has 0 saturated carbocycles. The summed E-state index contributed by atoms with van der Waals surface area (Å²) in [6.45, 7) is 0. The van der Waals surface area contributed by atoms with Crippen LogP contribution in [0.4, 0.5) is 8.78 Å². The number of nitrogens with one attached hydrogen (secondary N) is 1. The predicted molar refractivity (Wildman–Crippen MR) is 65.1 cm³/mol. The van der Waals surface area contributed by atoms with E-state index in [9.17, 15) is 8.78 Å². The third kappa shape index (κ3) is 2.56. The van der Waals surface area contributed by atoms with Gasteiger partial charge in [0.2, 0.25) is 0 Å². The van der Waals surface area contributed by atoms with Crippen LogP contribution in [-0.2, 0) is 13.5 Å². The normalized spacial score (nSPS) is 12.7. The second-order valence-corrected chi connectivity index (χ2v) is 4.18. The van der Waals surface area contributed by atoms with Crippen LogP contribution in [0, 0.1) is 11.6 Å². The number of halogens is 2. The van der Waals surface area contributed by atoms with Gasteiger partial charge >= 0.3 is 0 Å². The first-order valence-corrected chi connectivity index (χ1v) is 5.70. The summed E-state index contributed by atoms with van der Waals surface area (Å²) >= 11 is 0. The molecule has 1 heterocycles. The van der Waals surface area contributed by atoms with Crippen molar-refractivity contribution in [2.75, 3.05) is 7.05 Å². The van der Waals surface area contributed by atoms with Crippen LogP contribution in [0.5, 0.6) is 0 Å². The minimum Gasteiger partial charge on any atom is -0.337 e. The minimum absolute atomic E-state index is 0.107. The van der Waals surface area contributed by atoms with Crippen LogP contribution < -0.4 is 5.32 Å². The van der Waals surface area contributed by atoms with Crippen molar-refractivity contribution in [2.24, 2.45) is 7.05 Å². The van der Waals surface area contributed by atoms with E-state index in [0.29, 0.717) is 12.0 Å². The molecule has 1 atom stereocenters. The molecule has 3 nitrogen and oxygen atoms in total. The van der Waals surface area contributed by atoms with E-state index in [2.05, 4.69) is 10.3 Å². The van der Waals surface area contributed by atoms with E-state index in [0.717, 1.165) is 11.9 Å². The zero-order chi connectivity index (χ0) is 13.1. The van der Waals surface area contributed by atoms with Crippen molar-refractivity contribution in [3.8, 4) is 0 Å². The first-order valence-electron chi connectivity index (χ1n) is 5.70. The van der Waals surface area contributed by atoms with Crippen molar-refractivity contribution in [3.05, 3.63) is 53.6 Å². The number of benzene rings is 1. The number of nitrogens with zero attached hydrogens (tertiary/aromatic N) is 2. The molecule has 0 bridgehead atoms. The number of rotatable bonds is 4. The van der Waals surface area contributed by atoms with Gasteiger partial charge in [-0.1, -0.05) is 6.07 Å². The summed E-state index contributed by atoms with van der Waals surface area (Å²) in [4.78, 5) is 4.23. The highest BCUT2D eigenvalue weighted by Gasteiger charge is 2.16. The number of aromatic nitrogens is 2. The second kappa shape index (κ2) is 5.27. The molecule has 0 aliphatic carbocycles. The van der Waals surface area contributed by atoms with Gasteiger partial charge in [0.05, 0.1) is 6.04 Å². The number of aryl methyl sites for hydroxylation is 1. The fraction of sp³-hybridized carbons (Fsp3) is 0.308. The molecule has 2 rings (SSSR count). The third-order valence-corrected chi connectivity index (χ3v) is 2.96. The average molecular weight is 251 g/mol. The highest BCUT2D eigenvalue weighted by atomic mass is 19.1. The summed E-state index contributed by atoms with van der Waals surface area (Å²) < 4.78 is 28.3. The molecular weight excluding hydrogens is 236 g/mol. The van der Waals surface area contributed by atoms with Crippen LogP contribution in [-0.4, -0.2) is 16.6 Å². The SMILES string of the molecule is CNC(Cc1ccc(F)cc1F)c1nccn1C. The molecule has 1 aromatic heterocycles. The largest absolute Gasteiger partial charge is 0.337 e. The van der Waals surface area contributed by atoms with E-state index in [1.54, 1.807) is 13.2 Å². The number of hydrogen-bond donors (Lipinski definition) is 1. The number of imidazole rings is 1. The molecule has 0 radical (unpaired) electrons. The summed E-state index contributed by atoms with van der Waals surface area (Å²) in [5, 5.41) is 3.09. The highest BCUT2D eigenvalue weighted by Crippen LogP contribution is 2.19. The lowest BCUT2D eigenvalue weighted by atomic mass is 10.0. The van der Waals surface area contributed by atoms with Gasteiger partial charge in [-0.3, -0.25) is 0 Å². The zero-order valence-electron chi connectivity index (χ0n) is 10.3. The molecule has 1 unspecified atom stereocenters. The molecule has 1 aromatic carbocycles. The molecule has 1 N–H and O–H groups in total. The van der Waals surface area contributed by atoms with Crippen molar-refractivity contribution in [1.29, 1.82) is 0 Å². The number of hydrogen-bond acceptors (Lipinski definition) is 2. The maximum atomic E-state index is 13.6. The highest BCUT2D eigenvalue weighted by molar-refractivity contribution is 5.21. The summed E-state index contributed by atoms with van der Waals surface area (Å²) in [6.07, 6.45) is 3.95. The van der Waals surface area contributed by atoms with Crippen LogP contribution >= 0.6 is 0 Å². The van der Waals surface area contributed by atoms with Crippen LogP contribution in [0.2, 0.25) is 0 Å². The predicted octanol–water partition coefficient (Wildman–Crippen LogP) is 2.20. The smallest absolute Gasteiger partial charge is 0.129 e. The average Bonchev–Trinajstić information content (AvgIpc) is 2.75. The van der Waals surface area contributed by atoms with Crippen LogP contribution in [0.1, 0.15) is 17.4 Å². The van der Waals surface area contributed by atoms with E-state index in [-0.39, 0.29) is 6.04 Å². The van der Waals surface area contributed by atoms with E-state index in [1.165, 1.54) is 12.1 Å². The Bertz CT molecular complexity index is 537. The van der Waals surface area contributed by atoms with E-state index >= 15 is 0 Å². The zero-order valence-corrected chi connectivity index (χ0v) is 10.3. The van der Waals surface area contributed by atoms with Crippen molar-refractivity contribution in [3.63, 3.8) is 0 Å². The fourth-order valence-electron chi connectivity index (χ4n) is 1.94.